The van der Waals surface area contributed by atoms with Crippen molar-refractivity contribution in [3.63, 3.8) is 0 Å². The molecule has 0 amide bonds. The maximum atomic E-state index is 13.1. The molecule has 0 radical (unpaired) electrons. The first-order valence-electron chi connectivity index (χ1n) is 10.2. The highest BCUT2D eigenvalue weighted by molar-refractivity contribution is 7.89. The van der Waals surface area contributed by atoms with Gasteiger partial charge in [-0.2, -0.15) is 4.72 Å². The number of carbonyl (C=O) groups is 4. The third kappa shape index (κ3) is 7.50. The van der Waals surface area contributed by atoms with Gasteiger partial charge in [-0.15, -0.1) is 0 Å². The average molecular weight is 502 g/mol. The summed E-state index contributed by atoms with van der Waals surface area (Å²) in [5, 5.41) is 0. The van der Waals surface area contributed by atoms with Crippen molar-refractivity contribution in [2.24, 2.45) is 0 Å². The number of rotatable bonds is 8. The minimum Gasteiger partial charge on any atom is -0.463 e. The summed E-state index contributed by atoms with van der Waals surface area (Å²) in [6, 6.07) is 4.36. The van der Waals surface area contributed by atoms with E-state index in [2.05, 4.69) is 4.72 Å². The number of sulfonamides is 1. The summed E-state index contributed by atoms with van der Waals surface area (Å²) < 4.78 is 54.8. The first-order valence-corrected chi connectivity index (χ1v) is 11.7. The summed E-state index contributed by atoms with van der Waals surface area (Å²) in [5.74, 6) is -3.15. The van der Waals surface area contributed by atoms with Crippen LogP contribution in [0.2, 0.25) is 0 Å². The van der Waals surface area contributed by atoms with Gasteiger partial charge in [0, 0.05) is 27.7 Å². The third-order valence-electron chi connectivity index (χ3n) is 4.61. The van der Waals surface area contributed by atoms with Crippen molar-refractivity contribution < 1.29 is 51.3 Å². The number of ether oxygens (including phenoxy) is 5. The standard InChI is InChI=1S/C21H27NO11S/c1-11-6-8-16(9-7-11)34(27,28)22-18-20(31-14(4)25)19(30-13(3)24)17(10-29-12(2)23)33-21(18)32-15(5)26/h6-9,17-22H,10H2,1-5H3/t17-,18-,19+,20+,21-/m0/s1. The van der Waals surface area contributed by atoms with Crippen LogP contribution in [-0.4, -0.2) is 69.5 Å². The molecule has 34 heavy (non-hydrogen) atoms. The van der Waals surface area contributed by atoms with Gasteiger partial charge in [0.25, 0.3) is 0 Å². The second-order valence-electron chi connectivity index (χ2n) is 7.56. The molecule has 1 N–H and O–H groups in total. The van der Waals surface area contributed by atoms with Gasteiger partial charge in [0.2, 0.25) is 16.3 Å². The molecule has 13 heteroatoms. The van der Waals surface area contributed by atoms with Crippen molar-refractivity contribution in [3.05, 3.63) is 29.8 Å². The Morgan fingerprint density at radius 1 is 0.853 bits per heavy atom. The van der Waals surface area contributed by atoms with E-state index >= 15 is 0 Å². The molecule has 0 aromatic heterocycles. The Morgan fingerprint density at radius 2 is 1.38 bits per heavy atom. The predicted molar refractivity (Wildman–Crippen MR) is 113 cm³/mol. The number of hydrogen-bond donors (Lipinski definition) is 1. The van der Waals surface area contributed by atoms with E-state index in [0.29, 0.717) is 0 Å². The van der Waals surface area contributed by atoms with Crippen LogP contribution in [-0.2, 0) is 52.9 Å². The molecule has 0 unspecified atom stereocenters. The van der Waals surface area contributed by atoms with Gasteiger partial charge in [-0.05, 0) is 19.1 Å². The largest absolute Gasteiger partial charge is 0.463 e. The van der Waals surface area contributed by atoms with E-state index in [1.807, 2.05) is 0 Å². The Balaban J connectivity index is 2.52. The van der Waals surface area contributed by atoms with Gasteiger partial charge in [0.1, 0.15) is 18.8 Å². The van der Waals surface area contributed by atoms with Gasteiger partial charge in [-0.25, -0.2) is 8.42 Å². The molecule has 5 atom stereocenters. The lowest BCUT2D eigenvalue weighted by Gasteiger charge is -2.44. The Bertz CT molecular complexity index is 1020. The van der Waals surface area contributed by atoms with Crippen LogP contribution in [0.3, 0.4) is 0 Å². The van der Waals surface area contributed by atoms with E-state index in [4.69, 9.17) is 23.7 Å². The zero-order valence-corrected chi connectivity index (χ0v) is 20.1. The normalized spacial score (nSPS) is 24.6. The number of aryl methyl sites for hydroxylation is 1. The van der Waals surface area contributed by atoms with Crippen LogP contribution in [0, 0.1) is 6.92 Å². The molecule has 0 bridgehead atoms. The van der Waals surface area contributed by atoms with Crippen molar-refractivity contribution in [1.82, 2.24) is 4.72 Å². The number of nitrogens with one attached hydrogen (secondary N) is 1. The maximum absolute atomic E-state index is 13.1. The van der Waals surface area contributed by atoms with Gasteiger partial charge in [0.05, 0.1) is 4.90 Å². The van der Waals surface area contributed by atoms with Crippen molar-refractivity contribution in [1.29, 1.82) is 0 Å². The Hall–Kier alpha value is -3.03. The van der Waals surface area contributed by atoms with E-state index in [1.54, 1.807) is 19.1 Å². The molecule has 1 saturated heterocycles. The maximum Gasteiger partial charge on any atom is 0.304 e. The quantitative estimate of drug-likeness (QED) is 0.387. The number of benzene rings is 1. The van der Waals surface area contributed by atoms with Crippen LogP contribution in [0.4, 0.5) is 0 Å². The van der Waals surface area contributed by atoms with Crippen LogP contribution in [0.15, 0.2) is 29.2 Å². The molecular formula is C21H27NO11S. The molecule has 1 aliphatic rings. The molecule has 0 aliphatic carbocycles. The lowest BCUT2D eigenvalue weighted by atomic mass is 9.97. The van der Waals surface area contributed by atoms with Gasteiger partial charge in [-0.1, -0.05) is 17.7 Å². The molecule has 0 saturated carbocycles. The average Bonchev–Trinajstić information content (AvgIpc) is 2.70. The molecular weight excluding hydrogens is 474 g/mol. The van der Waals surface area contributed by atoms with E-state index in [-0.39, 0.29) is 4.90 Å². The Labute approximate surface area is 196 Å². The fourth-order valence-electron chi connectivity index (χ4n) is 3.26. The van der Waals surface area contributed by atoms with Crippen LogP contribution in [0.1, 0.15) is 33.3 Å². The smallest absolute Gasteiger partial charge is 0.304 e. The highest BCUT2D eigenvalue weighted by atomic mass is 32.2. The van der Waals surface area contributed by atoms with Crippen molar-refractivity contribution in [2.45, 2.75) is 70.2 Å². The summed E-state index contributed by atoms with van der Waals surface area (Å²) in [6.07, 6.45) is -5.77. The van der Waals surface area contributed by atoms with Crippen molar-refractivity contribution in [2.75, 3.05) is 6.61 Å². The Kier molecular flexibility index (Phi) is 9.13. The zero-order chi connectivity index (χ0) is 25.6. The molecule has 2 rings (SSSR count). The second-order valence-corrected chi connectivity index (χ2v) is 9.28. The molecule has 188 valence electrons. The van der Waals surface area contributed by atoms with E-state index < -0.39 is 71.2 Å². The molecule has 1 aromatic carbocycles. The minimum absolute atomic E-state index is 0.118. The van der Waals surface area contributed by atoms with Crippen molar-refractivity contribution in [3.8, 4) is 0 Å². The van der Waals surface area contributed by atoms with Gasteiger partial charge in [0.15, 0.2) is 12.2 Å². The zero-order valence-electron chi connectivity index (χ0n) is 19.3. The number of carbonyl (C=O) groups excluding carboxylic acids is 4. The van der Waals surface area contributed by atoms with Crippen molar-refractivity contribution >= 4 is 33.9 Å². The fourth-order valence-corrected chi connectivity index (χ4v) is 4.49. The molecule has 1 aliphatic heterocycles. The van der Waals surface area contributed by atoms with Gasteiger partial charge < -0.3 is 23.7 Å². The van der Waals surface area contributed by atoms with Crippen LogP contribution in [0.5, 0.6) is 0 Å². The first-order chi connectivity index (χ1) is 15.8. The van der Waals surface area contributed by atoms with Crippen LogP contribution in [0.25, 0.3) is 0 Å². The van der Waals surface area contributed by atoms with Crippen LogP contribution < -0.4 is 4.72 Å². The second kappa shape index (κ2) is 11.4. The monoisotopic (exact) mass is 501 g/mol. The summed E-state index contributed by atoms with van der Waals surface area (Å²) in [7, 11) is -4.25. The lowest BCUT2D eigenvalue weighted by molar-refractivity contribution is -0.269. The van der Waals surface area contributed by atoms with E-state index in [9.17, 15) is 27.6 Å². The highest BCUT2D eigenvalue weighted by Gasteiger charge is 2.53. The minimum atomic E-state index is -4.25. The summed E-state index contributed by atoms with van der Waals surface area (Å²) >= 11 is 0. The summed E-state index contributed by atoms with van der Waals surface area (Å²) in [4.78, 5) is 46.6. The third-order valence-corrected chi connectivity index (χ3v) is 6.08. The molecule has 0 spiro atoms. The molecule has 1 heterocycles. The molecule has 12 nitrogen and oxygen atoms in total. The van der Waals surface area contributed by atoms with E-state index in [0.717, 1.165) is 33.3 Å². The van der Waals surface area contributed by atoms with Gasteiger partial charge >= 0.3 is 23.9 Å². The SMILES string of the molecule is CC(=O)OC[C@@H]1O[C@H](OC(C)=O)[C@@H](NS(=O)(=O)c2ccc(C)cc2)[C@@H](OC(C)=O)[C@@H]1OC(C)=O. The molecule has 1 aromatic rings. The highest BCUT2D eigenvalue weighted by Crippen LogP contribution is 2.29. The topological polar surface area (TPSA) is 161 Å². The first kappa shape index (κ1) is 27.2. The summed E-state index contributed by atoms with van der Waals surface area (Å²) in [6.45, 7) is 5.66. The lowest BCUT2D eigenvalue weighted by Crippen LogP contribution is -2.66. The van der Waals surface area contributed by atoms with Crippen LogP contribution >= 0.6 is 0 Å². The number of hydrogen-bond acceptors (Lipinski definition) is 11. The number of esters is 4. The molecule has 1 fully saturated rings. The Morgan fingerprint density at radius 3 is 1.88 bits per heavy atom. The van der Waals surface area contributed by atoms with Gasteiger partial charge in [-0.3, -0.25) is 19.2 Å². The van der Waals surface area contributed by atoms with E-state index in [1.165, 1.54) is 12.1 Å². The summed E-state index contributed by atoms with van der Waals surface area (Å²) in [5.41, 5.74) is 0.818. The predicted octanol–water partition coefficient (Wildman–Crippen LogP) is 0.356. The fraction of sp³-hybridized carbons (Fsp3) is 0.524.